The first kappa shape index (κ1) is 12.7. The van der Waals surface area contributed by atoms with E-state index in [4.69, 9.17) is 15.2 Å². The van der Waals surface area contributed by atoms with E-state index in [1.165, 1.54) is 0 Å². The lowest BCUT2D eigenvalue weighted by molar-refractivity contribution is 0.0291. The van der Waals surface area contributed by atoms with Gasteiger partial charge < -0.3 is 4.74 Å². The molecule has 0 amide bonds. The fourth-order valence-corrected chi connectivity index (χ4v) is 0.987. The Bertz CT molecular complexity index is 274. The van der Waals surface area contributed by atoms with Gasteiger partial charge in [0.2, 0.25) is 0 Å². The van der Waals surface area contributed by atoms with Crippen LogP contribution in [0.1, 0.15) is 19.4 Å². The van der Waals surface area contributed by atoms with Crippen LogP contribution >= 0.6 is 0 Å². The SMILES string of the molecule is CC.COc1ccc(N(O)O)cc1C. The predicted octanol–water partition coefficient (Wildman–Crippen LogP) is 2.61. The molecule has 2 N–H and O–H groups in total. The molecule has 4 heteroatoms. The monoisotopic (exact) mass is 199 g/mol. The van der Waals surface area contributed by atoms with E-state index >= 15 is 0 Å². The summed E-state index contributed by atoms with van der Waals surface area (Å²) in [6, 6.07) is 4.83. The lowest BCUT2D eigenvalue weighted by Gasteiger charge is -2.10. The molecule has 0 radical (unpaired) electrons. The zero-order valence-corrected chi connectivity index (χ0v) is 8.98. The van der Waals surface area contributed by atoms with Crippen molar-refractivity contribution in [3.05, 3.63) is 23.8 Å². The predicted molar refractivity (Wildman–Crippen MR) is 55.1 cm³/mol. The van der Waals surface area contributed by atoms with Crippen molar-refractivity contribution in [2.24, 2.45) is 0 Å². The summed E-state index contributed by atoms with van der Waals surface area (Å²) in [5.41, 5.74) is 1.16. The Kier molecular flexibility index (Phi) is 5.67. The highest BCUT2D eigenvalue weighted by molar-refractivity contribution is 5.49. The standard InChI is InChI=1S/C8H11NO3.C2H6/c1-6-5-7(9(10)11)3-4-8(6)12-2;1-2/h3-5,10-11H,1-2H3;1-2H3. The van der Waals surface area contributed by atoms with Gasteiger partial charge in [-0.2, -0.15) is 0 Å². The molecule has 0 aliphatic heterocycles. The quantitative estimate of drug-likeness (QED) is 0.719. The summed E-state index contributed by atoms with van der Waals surface area (Å²) in [6.07, 6.45) is 0. The van der Waals surface area contributed by atoms with Gasteiger partial charge in [-0.1, -0.05) is 13.8 Å². The fourth-order valence-electron chi connectivity index (χ4n) is 0.987. The Morgan fingerprint density at radius 1 is 1.21 bits per heavy atom. The highest BCUT2D eigenvalue weighted by Gasteiger charge is 2.02. The number of hydrogen-bond acceptors (Lipinski definition) is 4. The van der Waals surface area contributed by atoms with Gasteiger partial charge in [0.05, 0.1) is 12.8 Å². The minimum absolute atomic E-state index is 0.0758. The Labute approximate surface area is 84.3 Å². The van der Waals surface area contributed by atoms with Crippen LogP contribution in [0, 0.1) is 6.92 Å². The molecule has 0 unspecified atom stereocenters. The topological polar surface area (TPSA) is 52.9 Å². The number of ether oxygens (including phenoxy) is 1. The number of anilines is 1. The second-order valence-corrected chi connectivity index (χ2v) is 2.44. The van der Waals surface area contributed by atoms with E-state index in [0.717, 1.165) is 11.3 Å². The average Bonchev–Trinajstić information content (AvgIpc) is 2.20. The molecule has 0 bridgehead atoms. The fraction of sp³-hybridized carbons (Fsp3) is 0.400. The molecular formula is C10H17NO3. The summed E-state index contributed by atoms with van der Waals surface area (Å²) >= 11 is 0. The molecule has 1 aromatic carbocycles. The molecule has 0 spiro atoms. The molecule has 0 saturated carbocycles. The highest BCUT2D eigenvalue weighted by Crippen LogP contribution is 2.22. The van der Waals surface area contributed by atoms with Crippen molar-refractivity contribution in [1.29, 1.82) is 0 Å². The van der Waals surface area contributed by atoms with Gasteiger partial charge in [-0.3, -0.25) is 10.4 Å². The van der Waals surface area contributed by atoms with Crippen LogP contribution in [0.5, 0.6) is 5.75 Å². The molecule has 0 aliphatic rings. The number of nitrogens with zero attached hydrogens (tertiary/aromatic N) is 1. The summed E-state index contributed by atoms with van der Waals surface area (Å²) in [7, 11) is 1.57. The Hall–Kier alpha value is -1.26. The average molecular weight is 199 g/mol. The molecule has 14 heavy (non-hydrogen) atoms. The van der Waals surface area contributed by atoms with Gasteiger partial charge >= 0.3 is 0 Å². The normalized spacial score (nSPS) is 8.71. The van der Waals surface area contributed by atoms with E-state index in [-0.39, 0.29) is 5.23 Å². The number of rotatable bonds is 2. The summed E-state index contributed by atoms with van der Waals surface area (Å²) in [4.78, 5) is 0. The van der Waals surface area contributed by atoms with Crippen molar-refractivity contribution in [2.75, 3.05) is 12.3 Å². The first-order valence-electron chi connectivity index (χ1n) is 4.47. The second-order valence-electron chi connectivity index (χ2n) is 2.44. The van der Waals surface area contributed by atoms with Crippen LogP contribution in [-0.4, -0.2) is 17.5 Å². The third kappa shape index (κ3) is 3.24. The Morgan fingerprint density at radius 3 is 2.14 bits per heavy atom. The molecule has 4 nitrogen and oxygen atoms in total. The van der Waals surface area contributed by atoms with Gasteiger partial charge in [0.15, 0.2) is 0 Å². The molecule has 1 rings (SSSR count). The van der Waals surface area contributed by atoms with Crippen molar-refractivity contribution in [2.45, 2.75) is 20.8 Å². The molecule has 80 valence electrons. The third-order valence-corrected chi connectivity index (χ3v) is 1.61. The van der Waals surface area contributed by atoms with Gasteiger partial charge in [0.25, 0.3) is 0 Å². The van der Waals surface area contributed by atoms with E-state index in [1.807, 2.05) is 20.8 Å². The first-order valence-corrected chi connectivity index (χ1v) is 4.47. The van der Waals surface area contributed by atoms with E-state index in [9.17, 15) is 0 Å². The van der Waals surface area contributed by atoms with Gasteiger partial charge in [0, 0.05) is 0 Å². The summed E-state index contributed by atoms with van der Waals surface area (Å²) in [6.45, 7) is 5.83. The maximum absolute atomic E-state index is 8.66. The molecule has 0 atom stereocenters. The van der Waals surface area contributed by atoms with Gasteiger partial charge in [-0.15, -0.1) is 5.23 Å². The lowest BCUT2D eigenvalue weighted by Crippen LogP contribution is -2.10. The molecule has 0 fully saturated rings. The van der Waals surface area contributed by atoms with E-state index in [0.29, 0.717) is 5.69 Å². The van der Waals surface area contributed by atoms with Crippen LogP contribution in [0.3, 0.4) is 0 Å². The minimum Gasteiger partial charge on any atom is -0.496 e. The summed E-state index contributed by atoms with van der Waals surface area (Å²) in [5, 5.41) is 17.4. The van der Waals surface area contributed by atoms with Gasteiger partial charge in [-0.25, -0.2) is 0 Å². The van der Waals surface area contributed by atoms with Crippen LogP contribution in [0.4, 0.5) is 5.69 Å². The lowest BCUT2D eigenvalue weighted by atomic mass is 10.2. The summed E-state index contributed by atoms with van der Waals surface area (Å²) < 4.78 is 5.00. The van der Waals surface area contributed by atoms with Crippen LogP contribution in [-0.2, 0) is 0 Å². The smallest absolute Gasteiger partial charge is 0.121 e. The van der Waals surface area contributed by atoms with Crippen molar-refractivity contribution < 1.29 is 15.2 Å². The highest BCUT2D eigenvalue weighted by atomic mass is 16.8. The molecule has 0 saturated heterocycles. The van der Waals surface area contributed by atoms with Gasteiger partial charge in [-0.05, 0) is 30.7 Å². The van der Waals surface area contributed by atoms with Crippen molar-refractivity contribution in [3.8, 4) is 5.75 Å². The van der Waals surface area contributed by atoms with Crippen LogP contribution in [0.25, 0.3) is 0 Å². The summed E-state index contributed by atoms with van der Waals surface area (Å²) in [5.74, 6) is 0.723. The molecule has 0 heterocycles. The largest absolute Gasteiger partial charge is 0.496 e. The Morgan fingerprint density at radius 2 is 1.79 bits per heavy atom. The van der Waals surface area contributed by atoms with Crippen LogP contribution in [0.2, 0.25) is 0 Å². The van der Waals surface area contributed by atoms with Gasteiger partial charge in [0.1, 0.15) is 5.75 Å². The maximum Gasteiger partial charge on any atom is 0.121 e. The minimum atomic E-state index is 0.0758. The first-order chi connectivity index (χ1) is 6.65. The Balaban J connectivity index is 0.000000791. The maximum atomic E-state index is 8.66. The van der Waals surface area contributed by atoms with Crippen LogP contribution in [0.15, 0.2) is 18.2 Å². The number of benzene rings is 1. The van der Waals surface area contributed by atoms with E-state index < -0.39 is 0 Å². The second kappa shape index (κ2) is 6.23. The number of hydrogen-bond donors (Lipinski definition) is 2. The van der Waals surface area contributed by atoms with E-state index in [2.05, 4.69) is 0 Å². The molecule has 0 aliphatic carbocycles. The van der Waals surface area contributed by atoms with Crippen molar-refractivity contribution in [3.63, 3.8) is 0 Å². The molecule has 1 aromatic rings. The zero-order valence-electron chi connectivity index (χ0n) is 8.98. The zero-order chi connectivity index (χ0) is 11.1. The van der Waals surface area contributed by atoms with Crippen molar-refractivity contribution in [1.82, 2.24) is 0 Å². The number of aryl methyl sites for hydroxylation is 1. The van der Waals surface area contributed by atoms with Crippen LogP contribution < -0.4 is 9.96 Å². The third-order valence-electron chi connectivity index (χ3n) is 1.61. The molecular weight excluding hydrogens is 182 g/mol. The van der Waals surface area contributed by atoms with Crippen molar-refractivity contribution >= 4 is 5.69 Å². The molecule has 0 aromatic heterocycles. The number of methoxy groups -OCH3 is 1. The van der Waals surface area contributed by atoms with E-state index in [1.54, 1.807) is 25.3 Å².